The third-order valence-electron chi connectivity index (χ3n) is 4.17. The van der Waals surface area contributed by atoms with E-state index in [0.29, 0.717) is 24.9 Å². The Bertz CT molecular complexity index is 450. The zero-order valence-corrected chi connectivity index (χ0v) is 13.4. The van der Waals surface area contributed by atoms with Crippen molar-refractivity contribution in [3.63, 3.8) is 0 Å². The fourth-order valence-corrected chi connectivity index (χ4v) is 2.90. The van der Waals surface area contributed by atoms with Crippen molar-refractivity contribution < 1.29 is 19.0 Å². The van der Waals surface area contributed by atoms with E-state index in [2.05, 4.69) is 18.7 Å². The third-order valence-corrected chi connectivity index (χ3v) is 4.17. The van der Waals surface area contributed by atoms with E-state index in [-0.39, 0.29) is 19.0 Å². The van der Waals surface area contributed by atoms with Gasteiger partial charge in [0.05, 0.1) is 13.2 Å². The predicted octanol–water partition coefficient (Wildman–Crippen LogP) is 2.46. The first-order chi connectivity index (χ1) is 10.6. The summed E-state index contributed by atoms with van der Waals surface area (Å²) in [6.45, 7) is 6.68. The molecule has 1 aliphatic rings. The average molecular weight is 311 g/mol. The minimum absolute atomic E-state index is 0.134. The van der Waals surface area contributed by atoms with Crippen LogP contribution >= 0.6 is 0 Å². The molecule has 1 atom stereocenters. The molecule has 1 fully saturated rings. The van der Waals surface area contributed by atoms with Crippen molar-refractivity contribution in [3.05, 3.63) is 30.1 Å². The number of nitrogens with zero attached hydrogens (tertiary/aromatic N) is 1. The molecule has 5 heteroatoms. The summed E-state index contributed by atoms with van der Waals surface area (Å²) in [5.41, 5.74) is -1.05. The summed E-state index contributed by atoms with van der Waals surface area (Å²) in [4.78, 5) is 2.28. The first-order valence-electron chi connectivity index (χ1n) is 7.99. The van der Waals surface area contributed by atoms with Crippen molar-refractivity contribution in [2.75, 3.05) is 32.9 Å². The van der Waals surface area contributed by atoms with Crippen LogP contribution in [-0.2, 0) is 4.74 Å². The second kappa shape index (κ2) is 7.90. The zero-order valence-electron chi connectivity index (χ0n) is 13.4. The van der Waals surface area contributed by atoms with Crippen molar-refractivity contribution in [1.29, 1.82) is 0 Å². The van der Waals surface area contributed by atoms with Crippen molar-refractivity contribution in [2.45, 2.75) is 38.3 Å². The van der Waals surface area contributed by atoms with Crippen LogP contribution in [0.2, 0.25) is 0 Å². The van der Waals surface area contributed by atoms with E-state index in [9.17, 15) is 9.50 Å². The highest BCUT2D eigenvalue weighted by atomic mass is 19.1. The summed E-state index contributed by atoms with van der Waals surface area (Å²) >= 11 is 0. The number of halogens is 1. The summed E-state index contributed by atoms with van der Waals surface area (Å²) < 4.78 is 24.1. The molecule has 1 unspecified atom stereocenters. The quantitative estimate of drug-likeness (QED) is 0.876. The van der Waals surface area contributed by atoms with Crippen molar-refractivity contribution >= 4 is 0 Å². The van der Waals surface area contributed by atoms with E-state index in [1.807, 2.05) is 0 Å². The summed E-state index contributed by atoms with van der Waals surface area (Å²) in [6.07, 6.45) is 2.09. The van der Waals surface area contributed by atoms with Crippen LogP contribution in [0.3, 0.4) is 0 Å². The zero-order chi connectivity index (χ0) is 16.0. The summed E-state index contributed by atoms with van der Waals surface area (Å²) in [5, 5.41) is 10.8. The molecule has 1 N–H and O–H groups in total. The molecular weight excluding hydrogens is 285 g/mol. The minimum atomic E-state index is -1.05. The van der Waals surface area contributed by atoms with Crippen LogP contribution in [0.15, 0.2) is 24.3 Å². The summed E-state index contributed by atoms with van der Waals surface area (Å²) in [6, 6.07) is 6.27. The van der Waals surface area contributed by atoms with Crippen molar-refractivity contribution in [2.24, 2.45) is 0 Å². The van der Waals surface area contributed by atoms with Crippen LogP contribution in [0.25, 0.3) is 0 Å². The van der Waals surface area contributed by atoms with Gasteiger partial charge in [-0.05, 0) is 37.1 Å². The molecule has 0 aliphatic carbocycles. The van der Waals surface area contributed by atoms with E-state index < -0.39 is 5.60 Å². The van der Waals surface area contributed by atoms with Gasteiger partial charge in [-0.1, -0.05) is 13.8 Å². The fourth-order valence-electron chi connectivity index (χ4n) is 2.90. The molecule has 0 aromatic heterocycles. The van der Waals surface area contributed by atoms with Gasteiger partial charge in [0.2, 0.25) is 0 Å². The Kier molecular flexibility index (Phi) is 6.17. The van der Waals surface area contributed by atoms with E-state index in [0.717, 1.165) is 19.4 Å². The van der Waals surface area contributed by atoms with Crippen LogP contribution in [0.1, 0.15) is 26.7 Å². The van der Waals surface area contributed by atoms with Gasteiger partial charge in [0, 0.05) is 19.1 Å². The lowest BCUT2D eigenvalue weighted by atomic mass is 10.0. The minimum Gasteiger partial charge on any atom is -0.490 e. The molecule has 1 saturated heterocycles. The maximum absolute atomic E-state index is 12.9. The van der Waals surface area contributed by atoms with Gasteiger partial charge < -0.3 is 14.6 Å². The first kappa shape index (κ1) is 17.2. The Labute approximate surface area is 131 Å². The van der Waals surface area contributed by atoms with Gasteiger partial charge in [0.15, 0.2) is 0 Å². The summed E-state index contributed by atoms with van der Waals surface area (Å²) in [5.74, 6) is 0.247. The molecule has 124 valence electrons. The Morgan fingerprint density at radius 1 is 1.32 bits per heavy atom. The lowest BCUT2D eigenvalue weighted by Gasteiger charge is -2.34. The van der Waals surface area contributed by atoms with Gasteiger partial charge in [0.1, 0.15) is 23.8 Å². The van der Waals surface area contributed by atoms with E-state index in [4.69, 9.17) is 9.47 Å². The van der Waals surface area contributed by atoms with Crippen molar-refractivity contribution in [3.8, 4) is 5.75 Å². The lowest BCUT2D eigenvalue weighted by molar-refractivity contribution is -0.0673. The molecule has 22 heavy (non-hydrogen) atoms. The van der Waals surface area contributed by atoms with E-state index >= 15 is 0 Å². The number of aliphatic hydroxyl groups is 1. The second-order valence-electron chi connectivity index (χ2n) is 5.96. The molecule has 0 bridgehead atoms. The number of ether oxygens (including phenoxy) is 2. The average Bonchev–Trinajstić information content (AvgIpc) is 2.71. The third kappa shape index (κ3) is 4.66. The van der Waals surface area contributed by atoms with Crippen LogP contribution in [0.4, 0.5) is 4.39 Å². The molecule has 0 amide bonds. The SMILES string of the molecule is CCC(CC)N1CCOCC(O)(COc2ccc(F)cc2)C1. The first-order valence-corrected chi connectivity index (χ1v) is 7.99. The molecule has 2 rings (SSSR count). The van der Waals surface area contributed by atoms with Gasteiger partial charge in [-0.2, -0.15) is 0 Å². The molecule has 0 saturated carbocycles. The molecule has 1 aromatic rings. The van der Waals surface area contributed by atoms with Crippen LogP contribution < -0.4 is 4.74 Å². The predicted molar refractivity (Wildman–Crippen MR) is 83.6 cm³/mol. The van der Waals surface area contributed by atoms with Gasteiger partial charge in [0.25, 0.3) is 0 Å². The highest BCUT2D eigenvalue weighted by molar-refractivity contribution is 5.22. The van der Waals surface area contributed by atoms with Gasteiger partial charge in [-0.3, -0.25) is 4.90 Å². The van der Waals surface area contributed by atoms with Gasteiger partial charge >= 0.3 is 0 Å². The number of benzene rings is 1. The Morgan fingerprint density at radius 2 is 2.00 bits per heavy atom. The number of hydrogen-bond acceptors (Lipinski definition) is 4. The Balaban J connectivity index is 1.98. The Hall–Kier alpha value is -1.17. The molecule has 1 aliphatic heterocycles. The monoisotopic (exact) mass is 311 g/mol. The van der Waals surface area contributed by atoms with Crippen LogP contribution in [-0.4, -0.2) is 54.6 Å². The molecule has 0 radical (unpaired) electrons. The lowest BCUT2D eigenvalue weighted by Crippen LogP contribution is -2.51. The highest BCUT2D eigenvalue weighted by Crippen LogP contribution is 2.20. The number of rotatable bonds is 6. The van der Waals surface area contributed by atoms with E-state index in [1.54, 1.807) is 12.1 Å². The maximum Gasteiger partial charge on any atom is 0.134 e. The smallest absolute Gasteiger partial charge is 0.134 e. The van der Waals surface area contributed by atoms with Crippen molar-refractivity contribution in [1.82, 2.24) is 4.90 Å². The topological polar surface area (TPSA) is 41.9 Å². The highest BCUT2D eigenvalue weighted by Gasteiger charge is 2.35. The fraction of sp³-hybridized carbons (Fsp3) is 0.647. The standard InChI is InChI=1S/C17H26FNO3/c1-3-15(4-2)19-9-10-21-12-17(20,11-19)13-22-16-7-5-14(18)6-8-16/h5-8,15,20H,3-4,9-13H2,1-2H3. The second-order valence-corrected chi connectivity index (χ2v) is 5.96. The normalized spacial score (nSPS) is 23.5. The van der Waals surface area contributed by atoms with Crippen LogP contribution in [0, 0.1) is 5.82 Å². The van der Waals surface area contributed by atoms with E-state index in [1.165, 1.54) is 12.1 Å². The van der Waals surface area contributed by atoms with Crippen LogP contribution in [0.5, 0.6) is 5.75 Å². The summed E-state index contributed by atoms with van der Waals surface area (Å²) in [7, 11) is 0. The number of hydrogen-bond donors (Lipinski definition) is 1. The largest absolute Gasteiger partial charge is 0.490 e. The van der Waals surface area contributed by atoms with Gasteiger partial charge in [-0.15, -0.1) is 0 Å². The Morgan fingerprint density at radius 3 is 2.64 bits per heavy atom. The molecule has 4 nitrogen and oxygen atoms in total. The van der Waals surface area contributed by atoms with Gasteiger partial charge in [-0.25, -0.2) is 4.39 Å². The molecule has 0 spiro atoms. The maximum atomic E-state index is 12.9. The molecular formula is C17H26FNO3. The molecule has 1 aromatic carbocycles. The number of β-amino-alcohol motifs (C(OH)–C–C–N with tert-alkyl or cyclic N) is 1. The molecule has 1 heterocycles.